The van der Waals surface area contributed by atoms with Crippen LogP contribution in [-0.4, -0.2) is 15.1 Å². The highest BCUT2D eigenvalue weighted by atomic mass is 35.5. The normalized spacial score (nSPS) is 15.7. The highest BCUT2D eigenvalue weighted by molar-refractivity contribution is 6.32. The van der Waals surface area contributed by atoms with Crippen molar-refractivity contribution < 1.29 is 5.11 Å². The van der Waals surface area contributed by atoms with Crippen LogP contribution in [0.3, 0.4) is 0 Å². The summed E-state index contributed by atoms with van der Waals surface area (Å²) in [6.07, 6.45) is 4.81. The molecule has 0 radical (unpaired) electrons. The quantitative estimate of drug-likeness (QED) is 0.883. The zero-order valence-electron chi connectivity index (χ0n) is 11.0. The third kappa shape index (κ3) is 2.56. The lowest BCUT2D eigenvalue weighted by Gasteiger charge is -2.11. The van der Waals surface area contributed by atoms with Crippen molar-refractivity contribution in [3.05, 3.63) is 35.0 Å². The lowest BCUT2D eigenvalue weighted by molar-refractivity contribution is 0.475. The van der Waals surface area contributed by atoms with Crippen LogP contribution in [-0.2, 0) is 0 Å². The molecule has 2 aromatic rings. The summed E-state index contributed by atoms with van der Waals surface area (Å²) in [5.41, 5.74) is 7.67. The van der Waals surface area contributed by atoms with E-state index in [1.54, 1.807) is 18.2 Å². The Kier molecular flexibility index (Phi) is 3.49. The molecule has 1 aliphatic rings. The molecule has 0 aliphatic heterocycles. The van der Waals surface area contributed by atoms with Crippen LogP contribution >= 0.6 is 11.6 Å². The summed E-state index contributed by atoms with van der Waals surface area (Å²) >= 11 is 5.93. The molecule has 1 heterocycles. The first-order valence-corrected chi connectivity index (χ1v) is 7.14. The number of aromatic hydroxyl groups is 1. The highest BCUT2D eigenvalue weighted by Gasteiger charge is 2.20. The molecule has 104 valence electrons. The summed E-state index contributed by atoms with van der Waals surface area (Å²) in [5, 5.41) is 9.76. The molecule has 0 atom stereocenters. The van der Waals surface area contributed by atoms with E-state index in [-0.39, 0.29) is 10.8 Å². The van der Waals surface area contributed by atoms with E-state index in [9.17, 15) is 5.11 Å². The summed E-state index contributed by atoms with van der Waals surface area (Å²) in [6.45, 7) is 0. The molecular formula is C15H16ClN3O. The van der Waals surface area contributed by atoms with Crippen molar-refractivity contribution in [3.63, 3.8) is 0 Å². The van der Waals surface area contributed by atoms with Crippen molar-refractivity contribution in [2.75, 3.05) is 5.73 Å². The Hall–Kier alpha value is -1.81. The smallest absolute Gasteiger partial charge is 0.161 e. The topological polar surface area (TPSA) is 72.0 Å². The summed E-state index contributed by atoms with van der Waals surface area (Å²) in [5.74, 6) is 1.57. The van der Waals surface area contributed by atoms with E-state index >= 15 is 0 Å². The zero-order valence-corrected chi connectivity index (χ0v) is 11.8. The van der Waals surface area contributed by atoms with Gasteiger partial charge in [-0.3, -0.25) is 0 Å². The van der Waals surface area contributed by atoms with E-state index in [2.05, 4.69) is 9.97 Å². The minimum atomic E-state index is 0.0512. The van der Waals surface area contributed by atoms with E-state index in [0.29, 0.717) is 17.6 Å². The number of nitrogens with two attached hydrogens (primary N) is 1. The standard InChI is InChI=1S/C15H16ClN3O/c16-11-7-10(5-6-13(11)20)15-18-12(8-14(17)19-15)9-3-1-2-4-9/h5-9,20H,1-4H2,(H2,17,18,19). The number of nitrogen functional groups attached to an aromatic ring is 1. The number of halogens is 1. The Bertz CT molecular complexity index is 639. The molecule has 3 rings (SSSR count). The number of phenolic OH excluding ortho intramolecular Hbond substituents is 1. The van der Waals surface area contributed by atoms with Gasteiger partial charge in [0.1, 0.15) is 11.6 Å². The van der Waals surface area contributed by atoms with Crippen LogP contribution in [0.1, 0.15) is 37.3 Å². The molecule has 0 bridgehead atoms. The van der Waals surface area contributed by atoms with Gasteiger partial charge in [0.25, 0.3) is 0 Å². The van der Waals surface area contributed by atoms with E-state index in [0.717, 1.165) is 24.1 Å². The number of hydrogen-bond donors (Lipinski definition) is 2. The molecule has 0 saturated heterocycles. The average molecular weight is 290 g/mol. The lowest BCUT2D eigenvalue weighted by atomic mass is 10.0. The van der Waals surface area contributed by atoms with Crippen molar-refractivity contribution >= 4 is 17.4 Å². The fourth-order valence-electron chi connectivity index (χ4n) is 2.69. The van der Waals surface area contributed by atoms with Gasteiger partial charge in [-0.25, -0.2) is 9.97 Å². The molecule has 5 heteroatoms. The Morgan fingerprint density at radius 2 is 1.90 bits per heavy atom. The van der Waals surface area contributed by atoms with Crippen LogP contribution in [0, 0.1) is 0 Å². The molecule has 4 nitrogen and oxygen atoms in total. The average Bonchev–Trinajstić information content (AvgIpc) is 2.95. The minimum Gasteiger partial charge on any atom is -0.506 e. The van der Waals surface area contributed by atoms with Crippen molar-refractivity contribution in [1.82, 2.24) is 9.97 Å². The maximum Gasteiger partial charge on any atom is 0.161 e. The second kappa shape index (κ2) is 5.29. The van der Waals surface area contributed by atoms with Crippen LogP contribution in [0.4, 0.5) is 5.82 Å². The number of hydrogen-bond acceptors (Lipinski definition) is 4. The number of benzene rings is 1. The van der Waals surface area contributed by atoms with Crippen molar-refractivity contribution in [2.24, 2.45) is 0 Å². The number of aromatic nitrogens is 2. The van der Waals surface area contributed by atoms with E-state index in [1.807, 2.05) is 6.07 Å². The first-order valence-electron chi connectivity index (χ1n) is 6.77. The van der Waals surface area contributed by atoms with Crippen LogP contribution < -0.4 is 5.73 Å². The van der Waals surface area contributed by atoms with Gasteiger partial charge in [0, 0.05) is 23.2 Å². The van der Waals surface area contributed by atoms with Gasteiger partial charge in [-0.15, -0.1) is 0 Å². The predicted octanol–water partition coefficient (Wildman–Crippen LogP) is 3.74. The molecule has 1 aliphatic carbocycles. The number of phenols is 1. The summed E-state index contributed by atoms with van der Waals surface area (Å²) in [7, 11) is 0. The van der Waals surface area contributed by atoms with Crippen molar-refractivity contribution in [3.8, 4) is 17.1 Å². The fraction of sp³-hybridized carbons (Fsp3) is 0.333. The summed E-state index contributed by atoms with van der Waals surface area (Å²) < 4.78 is 0. The molecule has 3 N–H and O–H groups in total. The molecule has 1 aromatic heterocycles. The molecule has 1 saturated carbocycles. The largest absolute Gasteiger partial charge is 0.506 e. The van der Waals surface area contributed by atoms with Crippen LogP contribution in [0.5, 0.6) is 5.75 Å². The molecule has 1 aromatic carbocycles. The van der Waals surface area contributed by atoms with E-state index in [1.165, 1.54) is 12.8 Å². The zero-order chi connectivity index (χ0) is 14.1. The SMILES string of the molecule is Nc1cc(C2CCCC2)nc(-c2ccc(O)c(Cl)c2)n1. The van der Waals surface area contributed by atoms with Crippen LogP contribution in [0.25, 0.3) is 11.4 Å². The van der Waals surface area contributed by atoms with Crippen molar-refractivity contribution in [1.29, 1.82) is 0 Å². The molecule has 0 unspecified atom stereocenters. The third-order valence-corrected chi connectivity index (χ3v) is 4.05. The van der Waals surface area contributed by atoms with Gasteiger partial charge in [0.05, 0.1) is 5.02 Å². The monoisotopic (exact) mass is 289 g/mol. The van der Waals surface area contributed by atoms with E-state index in [4.69, 9.17) is 17.3 Å². The Morgan fingerprint density at radius 3 is 2.60 bits per heavy atom. The van der Waals surface area contributed by atoms with Gasteiger partial charge in [-0.05, 0) is 31.0 Å². The Balaban J connectivity index is 2.02. The molecule has 1 fully saturated rings. The molecule has 0 spiro atoms. The van der Waals surface area contributed by atoms with Gasteiger partial charge >= 0.3 is 0 Å². The second-order valence-corrected chi connectivity index (χ2v) is 5.60. The highest BCUT2D eigenvalue weighted by Crippen LogP contribution is 2.35. The van der Waals surface area contributed by atoms with Gasteiger partial charge in [-0.2, -0.15) is 0 Å². The maximum atomic E-state index is 9.47. The van der Waals surface area contributed by atoms with Crippen molar-refractivity contribution in [2.45, 2.75) is 31.6 Å². The van der Waals surface area contributed by atoms with E-state index < -0.39 is 0 Å². The number of nitrogens with zero attached hydrogens (tertiary/aromatic N) is 2. The molecule has 0 amide bonds. The summed E-state index contributed by atoms with van der Waals surface area (Å²) in [4.78, 5) is 8.90. The first-order chi connectivity index (χ1) is 9.63. The van der Waals surface area contributed by atoms with Crippen LogP contribution in [0.2, 0.25) is 5.02 Å². The molecular weight excluding hydrogens is 274 g/mol. The Morgan fingerprint density at radius 1 is 1.15 bits per heavy atom. The number of anilines is 1. The van der Waals surface area contributed by atoms with Crippen LogP contribution in [0.15, 0.2) is 24.3 Å². The third-order valence-electron chi connectivity index (χ3n) is 3.75. The van der Waals surface area contributed by atoms with Gasteiger partial charge in [-0.1, -0.05) is 24.4 Å². The Labute approximate surface area is 122 Å². The second-order valence-electron chi connectivity index (χ2n) is 5.19. The fourth-order valence-corrected chi connectivity index (χ4v) is 2.87. The number of rotatable bonds is 2. The minimum absolute atomic E-state index is 0.0512. The van der Waals surface area contributed by atoms with Gasteiger partial charge < -0.3 is 10.8 Å². The predicted molar refractivity (Wildman–Crippen MR) is 79.8 cm³/mol. The summed E-state index contributed by atoms with van der Waals surface area (Å²) in [6, 6.07) is 6.81. The first kappa shape index (κ1) is 13.2. The maximum absolute atomic E-state index is 9.47. The lowest BCUT2D eigenvalue weighted by Crippen LogP contribution is -2.03. The van der Waals surface area contributed by atoms with Gasteiger partial charge in [0.15, 0.2) is 5.82 Å². The molecule has 20 heavy (non-hydrogen) atoms. The van der Waals surface area contributed by atoms with Gasteiger partial charge in [0.2, 0.25) is 0 Å².